The van der Waals surface area contributed by atoms with Crippen molar-refractivity contribution in [2.24, 2.45) is 5.92 Å². The van der Waals surface area contributed by atoms with Gasteiger partial charge in [0.2, 0.25) is 0 Å². The standard InChI is InChI=1S/C14H20BrFN2/c1-9-8-18(3)10(2)6-14(9)17-11-4-5-12(15)13(16)7-11/h4-5,7,9-10,14,17H,6,8H2,1-3H3. The van der Waals surface area contributed by atoms with E-state index in [9.17, 15) is 4.39 Å². The number of rotatable bonds is 2. The zero-order chi connectivity index (χ0) is 13.3. The molecule has 0 aliphatic carbocycles. The van der Waals surface area contributed by atoms with Crippen LogP contribution in [0.25, 0.3) is 0 Å². The zero-order valence-electron chi connectivity index (χ0n) is 11.1. The summed E-state index contributed by atoms with van der Waals surface area (Å²) in [5.74, 6) is 0.353. The fraction of sp³-hybridized carbons (Fsp3) is 0.571. The summed E-state index contributed by atoms with van der Waals surface area (Å²) in [6, 6.07) is 6.21. The Hall–Kier alpha value is -0.610. The van der Waals surface area contributed by atoms with Gasteiger partial charge in [-0.05, 0) is 60.4 Å². The zero-order valence-corrected chi connectivity index (χ0v) is 12.7. The van der Waals surface area contributed by atoms with E-state index < -0.39 is 0 Å². The molecule has 1 aromatic carbocycles. The monoisotopic (exact) mass is 314 g/mol. The van der Waals surface area contributed by atoms with Gasteiger partial charge < -0.3 is 10.2 Å². The number of benzene rings is 1. The van der Waals surface area contributed by atoms with Gasteiger partial charge in [0, 0.05) is 24.3 Å². The molecule has 0 aromatic heterocycles. The van der Waals surface area contributed by atoms with Crippen molar-refractivity contribution in [3.8, 4) is 0 Å². The number of likely N-dealkylation sites (tertiary alicyclic amines) is 1. The summed E-state index contributed by atoms with van der Waals surface area (Å²) in [4.78, 5) is 2.38. The van der Waals surface area contributed by atoms with Crippen LogP contribution in [0.15, 0.2) is 22.7 Å². The molecule has 100 valence electrons. The molecule has 1 fully saturated rings. The molecule has 3 unspecified atom stereocenters. The van der Waals surface area contributed by atoms with Gasteiger partial charge in [-0.3, -0.25) is 0 Å². The van der Waals surface area contributed by atoms with Gasteiger partial charge in [0.1, 0.15) is 5.82 Å². The second kappa shape index (κ2) is 5.57. The third-order valence-corrected chi connectivity index (χ3v) is 4.53. The second-order valence-corrected chi connectivity index (χ2v) is 6.24. The Labute approximate surface area is 117 Å². The number of hydrogen-bond acceptors (Lipinski definition) is 2. The Balaban J connectivity index is 2.06. The Kier molecular flexibility index (Phi) is 4.28. The van der Waals surface area contributed by atoms with Crippen molar-refractivity contribution in [1.82, 2.24) is 4.90 Å². The molecule has 1 aliphatic rings. The fourth-order valence-electron chi connectivity index (χ4n) is 2.54. The van der Waals surface area contributed by atoms with Gasteiger partial charge in [0.05, 0.1) is 4.47 Å². The SMILES string of the molecule is CC1CN(C)C(C)CC1Nc1ccc(Br)c(F)c1. The molecule has 4 heteroatoms. The number of nitrogens with one attached hydrogen (secondary N) is 1. The van der Waals surface area contributed by atoms with Crippen LogP contribution in [-0.4, -0.2) is 30.6 Å². The molecule has 18 heavy (non-hydrogen) atoms. The van der Waals surface area contributed by atoms with E-state index >= 15 is 0 Å². The Morgan fingerprint density at radius 2 is 2.11 bits per heavy atom. The summed E-state index contributed by atoms with van der Waals surface area (Å²) in [5.41, 5.74) is 0.865. The van der Waals surface area contributed by atoms with Gasteiger partial charge in [-0.25, -0.2) is 4.39 Å². The van der Waals surface area contributed by atoms with Crippen molar-refractivity contribution < 1.29 is 4.39 Å². The molecule has 3 atom stereocenters. The molecule has 1 aromatic rings. The third kappa shape index (κ3) is 3.04. The predicted molar refractivity (Wildman–Crippen MR) is 77.4 cm³/mol. The van der Waals surface area contributed by atoms with E-state index in [4.69, 9.17) is 0 Å². The summed E-state index contributed by atoms with van der Waals surface area (Å²) < 4.78 is 14.0. The fourth-order valence-corrected chi connectivity index (χ4v) is 2.79. The normalized spacial score (nSPS) is 29.3. The van der Waals surface area contributed by atoms with Crippen molar-refractivity contribution >= 4 is 21.6 Å². The highest BCUT2D eigenvalue weighted by atomic mass is 79.9. The van der Waals surface area contributed by atoms with E-state index in [1.165, 1.54) is 0 Å². The Morgan fingerprint density at radius 1 is 1.39 bits per heavy atom. The van der Waals surface area contributed by atoms with E-state index in [1.807, 2.05) is 6.07 Å². The first-order valence-electron chi connectivity index (χ1n) is 6.39. The van der Waals surface area contributed by atoms with E-state index in [1.54, 1.807) is 12.1 Å². The van der Waals surface area contributed by atoms with Crippen molar-refractivity contribution in [3.63, 3.8) is 0 Å². The minimum absolute atomic E-state index is 0.214. The molecule has 0 bridgehead atoms. The summed E-state index contributed by atoms with van der Waals surface area (Å²) in [6.07, 6.45) is 1.09. The van der Waals surface area contributed by atoms with Crippen LogP contribution >= 0.6 is 15.9 Å². The molecule has 1 aliphatic heterocycles. The molecule has 1 saturated heterocycles. The third-order valence-electron chi connectivity index (χ3n) is 3.88. The van der Waals surface area contributed by atoms with E-state index in [0.29, 0.717) is 22.5 Å². The quantitative estimate of drug-likeness (QED) is 0.894. The maximum absolute atomic E-state index is 13.5. The highest BCUT2D eigenvalue weighted by molar-refractivity contribution is 9.10. The highest BCUT2D eigenvalue weighted by Crippen LogP contribution is 2.26. The molecule has 1 N–H and O–H groups in total. The smallest absolute Gasteiger partial charge is 0.139 e. The topological polar surface area (TPSA) is 15.3 Å². The molecule has 0 saturated carbocycles. The van der Waals surface area contributed by atoms with E-state index in [2.05, 4.69) is 47.0 Å². The van der Waals surface area contributed by atoms with Gasteiger partial charge in [-0.15, -0.1) is 0 Å². The van der Waals surface area contributed by atoms with Crippen molar-refractivity contribution in [1.29, 1.82) is 0 Å². The Morgan fingerprint density at radius 3 is 2.78 bits per heavy atom. The molecular weight excluding hydrogens is 295 g/mol. The van der Waals surface area contributed by atoms with Gasteiger partial charge in [-0.2, -0.15) is 0 Å². The van der Waals surface area contributed by atoms with Crippen LogP contribution in [0.4, 0.5) is 10.1 Å². The molecule has 0 radical (unpaired) electrons. The Bertz CT molecular complexity index is 424. The lowest BCUT2D eigenvalue weighted by Gasteiger charge is -2.40. The number of hydrogen-bond donors (Lipinski definition) is 1. The van der Waals surface area contributed by atoms with Crippen molar-refractivity contribution in [3.05, 3.63) is 28.5 Å². The van der Waals surface area contributed by atoms with E-state index in [0.717, 1.165) is 18.7 Å². The van der Waals surface area contributed by atoms with Gasteiger partial charge in [0.25, 0.3) is 0 Å². The molecule has 1 heterocycles. The van der Waals surface area contributed by atoms with Crippen LogP contribution in [0.2, 0.25) is 0 Å². The highest BCUT2D eigenvalue weighted by Gasteiger charge is 2.28. The summed E-state index contributed by atoms with van der Waals surface area (Å²) in [7, 11) is 2.16. The molecule has 2 rings (SSSR count). The largest absolute Gasteiger partial charge is 0.382 e. The van der Waals surface area contributed by atoms with Crippen LogP contribution in [0.1, 0.15) is 20.3 Å². The van der Waals surface area contributed by atoms with Crippen molar-refractivity contribution in [2.45, 2.75) is 32.4 Å². The van der Waals surface area contributed by atoms with Crippen LogP contribution in [0, 0.1) is 11.7 Å². The summed E-state index contributed by atoms with van der Waals surface area (Å²) in [6.45, 7) is 5.57. The predicted octanol–water partition coefficient (Wildman–Crippen LogP) is 3.73. The molecule has 2 nitrogen and oxygen atoms in total. The summed E-state index contributed by atoms with van der Waals surface area (Å²) in [5, 5.41) is 3.46. The van der Waals surface area contributed by atoms with E-state index in [-0.39, 0.29) is 5.82 Å². The maximum Gasteiger partial charge on any atom is 0.139 e. The van der Waals surface area contributed by atoms with Gasteiger partial charge in [0.15, 0.2) is 0 Å². The van der Waals surface area contributed by atoms with Crippen LogP contribution in [0.5, 0.6) is 0 Å². The van der Waals surface area contributed by atoms with Crippen LogP contribution in [-0.2, 0) is 0 Å². The van der Waals surface area contributed by atoms with Crippen molar-refractivity contribution in [2.75, 3.05) is 18.9 Å². The maximum atomic E-state index is 13.5. The minimum Gasteiger partial charge on any atom is -0.382 e. The first-order chi connectivity index (χ1) is 8.47. The average Bonchev–Trinajstić information content (AvgIpc) is 2.31. The number of piperidine rings is 1. The summed E-state index contributed by atoms with van der Waals surface area (Å²) >= 11 is 3.17. The molecular formula is C14H20BrFN2. The second-order valence-electron chi connectivity index (χ2n) is 5.38. The van der Waals surface area contributed by atoms with Gasteiger partial charge in [-0.1, -0.05) is 6.92 Å². The lowest BCUT2D eigenvalue weighted by atomic mass is 9.89. The average molecular weight is 315 g/mol. The lowest BCUT2D eigenvalue weighted by molar-refractivity contribution is 0.145. The first-order valence-corrected chi connectivity index (χ1v) is 7.18. The molecule has 0 spiro atoms. The van der Waals surface area contributed by atoms with Gasteiger partial charge >= 0.3 is 0 Å². The molecule has 0 amide bonds. The first kappa shape index (κ1) is 13.8. The van der Waals surface area contributed by atoms with Crippen LogP contribution in [0.3, 0.4) is 0 Å². The van der Waals surface area contributed by atoms with Crippen LogP contribution < -0.4 is 5.32 Å². The number of halogens is 2. The minimum atomic E-state index is -0.214. The number of nitrogens with zero attached hydrogens (tertiary/aromatic N) is 1. The lowest BCUT2D eigenvalue weighted by Crippen LogP contribution is -2.48. The number of anilines is 1.